The molecule has 0 fully saturated rings. The first kappa shape index (κ1) is 13.1. The normalized spacial score (nSPS) is 11.7. The summed E-state index contributed by atoms with van der Waals surface area (Å²) in [6.07, 6.45) is 0. The number of para-hydroxylation sites is 2. The standard InChI is InChI=1S/C16H17NO2/c1-13(16(18)19-2)17(14-9-5-3-6-10-14)15-11-7-4-8-12-15/h3-13H,1-2H3/t13-/m0/s1. The summed E-state index contributed by atoms with van der Waals surface area (Å²) in [5.74, 6) is -0.257. The molecular formula is C16H17NO2. The molecule has 2 aromatic carbocycles. The van der Waals surface area contributed by atoms with E-state index in [2.05, 4.69) is 0 Å². The molecule has 0 heterocycles. The van der Waals surface area contributed by atoms with Gasteiger partial charge in [-0.15, -0.1) is 0 Å². The maximum Gasteiger partial charge on any atom is 0.328 e. The van der Waals surface area contributed by atoms with Crippen molar-refractivity contribution >= 4 is 17.3 Å². The highest BCUT2D eigenvalue weighted by Gasteiger charge is 2.23. The van der Waals surface area contributed by atoms with Crippen molar-refractivity contribution in [3.8, 4) is 0 Å². The molecule has 0 radical (unpaired) electrons. The van der Waals surface area contributed by atoms with Crippen LogP contribution in [0.2, 0.25) is 0 Å². The topological polar surface area (TPSA) is 29.5 Å². The molecule has 0 saturated heterocycles. The number of carbonyl (C=O) groups excluding carboxylic acids is 1. The van der Waals surface area contributed by atoms with Crippen LogP contribution in [0.1, 0.15) is 6.92 Å². The maximum atomic E-state index is 11.8. The Hall–Kier alpha value is -2.29. The Kier molecular flexibility index (Phi) is 4.18. The summed E-state index contributed by atoms with van der Waals surface area (Å²) in [6.45, 7) is 1.84. The second-order valence-corrected chi connectivity index (χ2v) is 4.24. The van der Waals surface area contributed by atoms with Crippen molar-refractivity contribution in [3.05, 3.63) is 60.7 Å². The molecule has 2 aromatic rings. The Morgan fingerprint density at radius 3 is 1.74 bits per heavy atom. The number of methoxy groups -OCH3 is 1. The first-order valence-corrected chi connectivity index (χ1v) is 6.21. The fraction of sp³-hybridized carbons (Fsp3) is 0.188. The maximum absolute atomic E-state index is 11.8. The van der Waals surface area contributed by atoms with Crippen LogP contribution < -0.4 is 4.90 Å². The SMILES string of the molecule is COC(=O)[C@H](C)N(c1ccccc1)c1ccccc1. The van der Waals surface area contributed by atoms with Gasteiger partial charge in [0.1, 0.15) is 6.04 Å². The third kappa shape index (κ3) is 2.94. The van der Waals surface area contributed by atoms with Gasteiger partial charge in [-0.1, -0.05) is 36.4 Å². The largest absolute Gasteiger partial charge is 0.467 e. The highest BCUT2D eigenvalue weighted by atomic mass is 16.5. The van der Waals surface area contributed by atoms with E-state index in [1.807, 2.05) is 72.5 Å². The molecule has 0 saturated carbocycles. The van der Waals surface area contributed by atoms with Gasteiger partial charge < -0.3 is 9.64 Å². The predicted octanol–water partition coefficient (Wildman–Crippen LogP) is 3.39. The van der Waals surface area contributed by atoms with Crippen molar-refractivity contribution in [2.24, 2.45) is 0 Å². The number of hydrogen-bond acceptors (Lipinski definition) is 3. The first-order valence-electron chi connectivity index (χ1n) is 6.21. The van der Waals surface area contributed by atoms with Crippen LogP contribution in [-0.4, -0.2) is 19.1 Å². The van der Waals surface area contributed by atoms with Gasteiger partial charge in [-0.05, 0) is 31.2 Å². The van der Waals surface area contributed by atoms with Crippen LogP contribution in [0.3, 0.4) is 0 Å². The van der Waals surface area contributed by atoms with Gasteiger partial charge in [-0.25, -0.2) is 4.79 Å². The second kappa shape index (κ2) is 6.05. The van der Waals surface area contributed by atoms with Crippen molar-refractivity contribution < 1.29 is 9.53 Å². The van der Waals surface area contributed by atoms with E-state index in [1.165, 1.54) is 7.11 Å². The number of hydrogen-bond donors (Lipinski definition) is 0. The van der Waals surface area contributed by atoms with Crippen LogP contribution in [0.25, 0.3) is 0 Å². The van der Waals surface area contributed by atoms with E-state index in [0.717, 1.165) is 11.4 Å². The molecule has 2 rings (SSSR count). The summed E-state index contributed by atoms with van der Waals surface area (Å²) in [7, 11) is 1.41. The van der Waals surface area contributed by atoms with E-state index in [-0.39, 0.29) is 12.0 Å². The van der Waals surface area contributed by atoms with E-state index >= 15 is 0 Å². The third-order valence-electron chi connectivity index (χ3n) is 3.00. The smallest absolute Gasteiger partial charge is 0.328 e. The summed E-state index contributed by atoms with van der Waals surface area (Å²) < 4.78 is 4.86. The van der Waals surface area contributed by atoms with Gasteiger partial charge in [-0.2, -0.15) is 0 Å². The van der Waals surface area contributed by atoms with Gasteiger partial charge in [0.25, 0.3) is 0 Å². The summed E-state index contributed by atoms with van der Waals surface area (Å²) in [5.41, 5.74) is 1.93. The quantitative estimate of drug-likeness (QED) is 0.784. The van der Waals surface area contributed by atoms with Crippen molar-refractivity contribution in [2.45, 2.75) is 13.0 Å². The zero-order valence-electron chi connectivity index (χ0n) is 11.1. The van der Waals surface area contributed by atoms with E-state index in [4.69, 9.17) is 4.74 Å². The molecule has 0 aliphatic carbocycles. The van der Waals surface area contributed by atoms with E-state index < -0.39 is 0 Å². The molecule has 0 aliphatic heterocycles. The van der Waals surface area contributed by atoms with Gasteiger partial charge >= 0.3 is 5.97 Å². The number of benzene rings is 2. The first-order chi connectivity index (χ1) is 9.24. The molecule has 0 amide bonds. The average molecular weight is 255 g/mol. The van der Waals surface area contributed by atoms with E-state index in [0.29, 0.717) is 0 Å². The van der Waals surface area contributed by atoms with Gasteiger partial charge in [-0.3, -0.25) is 0 Å². The lowest BCUT2D eigenvalue weighted by Crippen LogP contribution is -2.36. The summed E-state index contributed by atoms with van der Waals surface area (Å²) in [6, 6.07) is 19.3. The molecule has 19 heavy (non-hydrogen) atoms. The molecule has 98 valence electrons. The minimum atomic E-state index is -0.380. The Morgan fingerprint density at radius 1 is 0.947 bits per heavy atom. The Labute approximate surface area is 113 Å². The molecule has 0 spiro atoms. The molecule has 0 aromatic heterocycles. The van der Waals surface area contributed by atoms with Gasteiger partial charge in [0.15, 0.2) is 0 Å². The molecular weight excluding hydrogens is 238 g/mol. The summed E-state index contributed by atoms with van der Waals surface area (Å²) in [5, 5.41) is 0. The zero-order chi connectivity index (χ0) is 13.7. The zero-order valence-corrected chi connectivity index (χ0v) is 11.1. The monoisotopic (exact) mass is 255 g/mol. The molecule has 0 N–H and O–H groups in total. The number of ether oxygens (including phenoxy) is 1. The van der Waals surface area contributed by atoms with Crippen molar-refractivity contribution in [1.29, 1.82) is 0 Å². The summed E-state index contributed by atoms with van der Waals surface area (Å²) in [4.78, 5) is 13.8. The molecule has 0 unspecified atom stereocenters. The fourth-order valence-corrected chi connectivity index (χ4v) is 2.05. The lowest BCUT2D eigenvalue weighted by Gasteiger charge is -2.29. The fourth-order valence-electron chi connectivity index (χ4n) is 2.05. The molecule has 0 aliphatic rings. The number of carbonyl (C=O) groups is 1. The van der Waals surface area contributed by atoms with Crippen molar-refractivity contribution in [1.82, 2.24) is 0 Å². The van der Waals surface area contributed by atoms with Crippen molar-refractivity contribution in [2.75, 3.05) is 12.0 Å². The highest BCUT2D eigenvalue weighted by Crippen LogP contribution is 2.27. The molecule has 0 bridgehead atoms. The Morgan fingerprint density at radius 2 is 1.37 bits per heavy atom. The van der Waals surface area contributed by atoms with E-state index in [9.17, 15) is 4.79 Å². The number of nitrogens with zero attached hydrogens (tertiary/aromatic N) is 1. The summed E-state index contributed by atoms with van der Waals surface area (Å²) >= 11 is 0. The Balaban J connectivity index is 2.43. The van der Waals surface area contributed by atoms with Crippen LogP contribution in [0.5, 0.6) is 0 Å². The molecule has 3 nitrogen and oxygen atoms in total. The van der Waals surface area contributed by atoms with Crippen LogP contribution in [0.4, 0.5) is 11.4 Å². The highest BCUT2D eigenvalue weighted by molar-refractivity contribution is 5.83. The lowest BCUT2D eigenvalue weighted by atomic mass is 10.1. The number of rotatable bonds is 4. The van der Waals surface area contributed by atoms with Crippen LogP contribution >= 0.6 is 0 Å². The van der Waals surface area contributed by atoms with Crippen LogP contribution in [0, 0.1) is 0 Å². The number of anilines is 2. The van der Waals surface area contributed by atoms with Crippen LogP contribution in [0.15, 0.2) is 60.7 Å². The molecule has 3 heteroatoms. The van der Waals surface area contributed by atoms with Gasteiger partial charge in [0, 0.05) is 11.4 Å². The number of esters is 1. The predicted molar refractivity (Wildman–Crippen MR) is 76.5 cm³/mol. The second-order valence-electron chi connectivity index (χ2n) is 4.24. The minimum absolute atomic E-state index is 0.257. The minimum Gasteiger partial charge on any atom is -0.467 e. The van der Waals surface area contributed by atoms with Gasteiger partial charge in [0.2, 0.25) is 0 Å². The van der Waals surface area contributed by atoms with Gasteiger partial charge in [0.05, 0.1) is 7.11 Å². The third-order valence-corrected chi connectivity index (χ3v) is 3.00. The average Bonchev–Trinajstić information content (AvgIpc) is 2.49. The van der Waals surface area contributed by atoms with Crippen molar-refractivity contribution in [3.63, 3.8) is 0 Å². The van der Waals surface area contributed by atoms with E-state index in [1.54, 1.807) is 0 Å². The van der Waals surface area contributed by atoms with Crippen LogP contribution in [-0.2, 0) is 9.53 Å². The lowest BCUT2D eigenvalue weighted by molar-refractivity contribution is -0.141. The Bertz CT molecular complexity index is 485. The molecule has 1 atom stereocenters.